The zero-order valence-electron chi connectivity index (χ0n) is 18.1. The van der Waals surface area contributed by atoms with Crippen molar-refractivity contribution in [1.82, 2.24) is 20.0 Å². The fourth-order valence-corrected chi connectivity index (χ4v) is 4.15. The first-order chi connectivity index (χ1) is 14.6. The van der Waals surface area contributed by atoms with Crippen molar-refractivity contribution in [3.05, 3.63) is 29.3 Å². The molecule has 164 valence electrons. The fraction of sp³-hybridized carbons (Fsp3) is 0.652. The molecule has 2 heterocycles. The Bertz CT molecular complexity index is 757. The van der Waals surface area contributed by atoms with Gasteiger partial charge in [0, 0.05) is 63.7 Å². The highest BCUT2D eigenvalue weighted by molar-refractivity contribution is 5.81. The highest BCUT2D eigenvalue weighted by Crippen LogP contribution is 2.33. The van der Waals surface area contributed by atoms with Crippen molar-refractivity contribution in [2.24, 2.45) is 5.92 Å². The van der Waals surface area contributed by atoms with Gasteiger partial charge in [0.1, 0.15) is 12.4 Å². The molecule has 2 fully saturated rings. The van der Waals surface area contributed by atoms with Gasteiger partial charge in [-0.3, -0.25) is 14.5 Å². The summed E-state index contributed by atoms with van der Waals surface area (Å²) < 4.78 is 5.85. The Balaban J connectivity index is 1.23. The van der Waals surface area contributed by atoms with Gasteiger partial charge in [-0.05, 0) is 37.9 Å². The molecule has 7 nitrogen and oxygen atoms in total. The second-order valence-corrected chi connectivity index (χ2v) is 8.82. The number of piperazine rings is 1. The number of carbonyl (C=O) groups is 2. The SMILES string of the molecule is CN1CCN(CCNC(=O)CCc2ccc3c(c2)CN(C(=O)C2CC2)CCO3)CC1. The Hall–Kier alpha value is -2.12. The number of nitrogens with one attached hydrogen (secondary N) is 1. The third-order valence-electron chi connectivity index (χ3n) is 6.33. The second-order valence-electron chi connectivity index (χ2n) is 8.82. The zero-order chi connectivity index (χ0) is 20.9. The van der Waals surface area contributed by atoms with E-state index in [1.165, 1.54) is 0 Å². The molecular weight excluding hydrogens is 380 g/mol. The number of ether oxygens (including phenoxy) is 1. The number of carbonyl (C=O) groups excluding carboxylic acids is 2. The second kappa shape index (κ2) is 9.79. The number of hydrogen-bond donors (Lipinski definition) is 1. The molecule has 0 spiro atoms. The normalized spacial score (nSPS) is 20.2. The van der Waals surface area contributed by atoms with Crippen LogP contribution in [0.1, 0.15) is 30.4 Å². The van der Waals surface area contributed by atoms with Crippen LogP contribution in [-0.4, -0.2) is 86.0 Å². The molecule has 0 atom stereocenters. The van der Waals surface area contributed by atoms with Gasteiger partial charge in [-0.25, -0.2) is 0 Å². The van der Waals surface area contributed by atoms with Gasteiger partial charge in [0.15, 0.2) is 0 Å². The van der Waals surface area contributed by atoms with Crippen molar-refractivity contribution >= 4 is 11.8 Å². The molecule has 1 aromatic carbocycles. The van der Waals surface area contributed by atoms with Crippen LogP contribution >= 0.6 is 0 Å². The lowest BCUT2D eigenvalue weighted by molar-refractivity contribution is -0.133. The predicted octanol–water partition coefficient (Wildman–Crippen LogP) is 1.11. The zero-order valence-corrected chi connectivity index (χ0v) is 18.1. The summed E-state index contributed by atoms with van der Waals surface area (Å²) in [5, 5.41) is 3.05. The standard InChI is InChI=1S/C23H34N4O3/c1-25-10-12-26(13-11-25)9-8-24-22(28)7-3-18-2-6-21-20(16-18)17-27(14-15-30-21)23(29)19-4-5-19/h2,6,16,19H,3-5,7-15,17H2,1H3,(H,24,28). The maximum atomic E-state index is 12.5. The number of benzene rings is 1. The molecule has 4 rings (SSSR count). The summed E-state index contributed by atoms with van der Waals surface area (Å²) in [6.07, 6.45) is 3.22. The quantitative estimate of drug-likeness (QED) is 0.724. The van der Waals surface area contributed by atoms with E-state index >= 15 is 0 Å². The minimum Gasteiger partial charge on any atom is -0.491 e. The molecule has 1 N–H and O–H groups in total. The third-order valence-corrected chi connectivity index (χ3v) is 6.33. The molecular formula is C23H34N4O3. The first-order valence-electron chi connectivity index (χ1n) is 11.3. The van der Waals surface area contributed by atoms with E-state index in [1.54, 1.807) is 0 Å². The Labute approximate surface area is 179 Å². The minimum absolute atomic E-state index is 0.0980. The number of nitrogens with zero attached hydrogens (tertiary/aromatic N) is 3. The molecule has 2 aliphatic heterocycles. The first kappa shape index (κ1) is 21.1. The lowest BCUT2D eigenvalue weighted by Gasteiger charge is -2.32. The average molecular weight is 415 g/mol. The van der Waals surface area contributed by atoms with Crippen LogP contribution in [0.5, 0.6) is 5.75 Å². The van der Waals surface area contributed by atoms with E-state index in [9.17, 15) is 9.59 Å². The van der Waals surface area contributed by atoms with Crippen LogP contribution in [-0.2, 0) is 22.6 Å². The van der Waals surface area contributed by atoms with Crippen molar-refractivity contribution in [3.8, 4) is 5.75 Å². The van der Waals surface area contributed by atoms with Crippen LogP contribution in [0.3, 0.4) is 0 Å². The maximum absolute atomic E-state index is 12.5. The van der Waals surface area contributed by atoms with E-state index in [2.05, 4.69) is 28.2 Å². The summed E-state index contributed by atoms with van der Waals surface area (Å²) in [5.74, 6) is 1.45. The van der Waals surface area contributed by atoms with Crippen LogP contribution in [0.2, 0.25) is 0 Å². The van der Waals surface area contributed by atoms with Gasteiger partial charge >= 0.3 is 0 Å². The summed E-state index contributed by atoms with van der Waals surface area (Å²) in [7, 11) is 2.15. The van der Waals surface area contributed by atoms with E-state index in [0.29, 0.717) is 39.1 Å². The number of fused-ring (bicyclic) bond motifs is 1. The van der Waals surface area contributed by atoms with E-state index in [4.69, 9.17) is 4.74 Å². The van der Waals surface area contributed by atoms with E-state index in [0.717, 1.165) is 62.4 Å². The Morgan fingerprint density at radius 1 is 1.13 bits per heavy atom. The Kier molecular flexibility index (Phi) is 6.89. The summed E-state index contributed by atoms with van der Waals surface area (Å²) in [5.41, 5.74) is 2.17. The van der Waals surface area contributed by atoms with E-state index < -0.39 is 0 Å². The van der Waals surface area contributed by atoms with Crippen molar-refractivity contribution < 1.29 is 14.3 Å². The lowest BCUT2D eigenvalue weighted by Crippen LogP contribution is -2.46. The van der Waals surface area contributed by atoms with E-state index in [-0.39, 0.29) is 17.7 Å². The lowest BCUT2D eigenvalue weighted by atomic mass is 10.0. The summed E-state index contributed by atoms with van der Waals surface area (Å²) in [4.78, 5) is 31.4. The molecule has 2 amide bonds. The Morgan fingerprint density at radius 3 is 2.70 bits per heavy atom. The van der Waals surface area contributed by atoms with Gasteiger partial charge in [-0.15, -0.1) is 0 Å². The van der Waals surface area contributed by atoms with E-state index in [1.807, 2.05) is 17.0 Å². The molecule has 0 aromatic heterocycles. The summed E-state index contributed by atoms with van der Waals surface area (Å²) >= 11 is 0. The van der Waals surface area contributed by atoms with Crippen molar-refractivity contribution in [3.63, 3.8) is 0 Å². The first-order valence-corrected chi connectivity index (χ1v) is 11.3. The molecule has 0 unspecified atom stereocenters. The van der Waals surface area contributed by atoms with Gasteiger partial charge in [0.25, 0.3) is 0 Å². The van der Waals surface area contributed by atoms with Crippen molar-refractivity contribution in [2.75, 3.05) is 59.5 Å². The predicted molar refractivity (Wildman–Crippen MR) is 115 cm³/mol. The van der Waals surface area contributed by atoms with Crippen LogP contribution in [0.25, 0.3) is 0 Å². The van der Waals surface area contributed by atoms with Crippen LogP contribution in [0.4, 0.5) is 0 Å². The van der Waals surface area contributed by atoms with Gasteiger partial charge in [0.05, 0.1) is 6.54 Å². The third kappa shape index (κ3) is 5.73. The average Bonchev–Trinajstić information content (AvgIpc) is 3.60. The Morgan fingerprint density at radius 2 is 1.93 bits per heavy atom. The monoisotopic (exact) mass is 414 g/mol. The number of likely N-dealkylation sites (N-methyl/N-ethyl adjacent to an activating group) is 1. The van der Waals surface area contributed by atoms with Gasteiger partial charge < -0.3 is 19.9 Å². The maximum Gasteiger partial charge on any atom is 0.226 e. The van der Waals surface area contributed by atoms with Crippen LogP contribution < -0.4 is 10.1 Å². The van der Waals surface area contributed by atoms with Gasteiger partial charge in [-0.2, -0.15) is 0 Å². The largest absolute Gasteiger partial charge is 0.491 e. The number of aryl methyl sites for hydroxylation is 1. The van der Waals surface area contributed by atoms with Gasteiger partial charge in [-0.1, -0.05) is 12.1 Å². The minimum atomic E-state index is 0.0980. The number of hydrogen-bond acceptors (Lipinski definition) is 5. The van der Waals surface area contributed by atoms with Crippen molar-refractivity contribution in [1.29, 1.82) is 0 Å². The number of rotatable bonds is 7. The highest BCUT2D eigenvalue weighted by Gasteiger charge is 2.34. The fourth-order valence-electron chi connectivity index (χ4n) is 4.15. The summed E-state index contributed by atoms with van der Waals surface area (Å²) in [6, 6.07) is 6.13. The van der Waals surface area contributed by atoms with Gasteiger partial charge in [0.2, 0.25) is 11.8 Å². The summed E-state index contributed by atoms with van der Waals surface area (Å²) in [6.45, 7) is 7.76. The molecule has 1 saturated heterocycles. The molecule has 7 heteroatoms. The molecule has 1 aromatic rings. The molecule has 0 bridgehead atoms. The molecule has 0 radical (unpaired) electrons. The molecule has 3 aliphatic rings. The molecule has 1 saturated carbocycles. The highest BCUT2D eigenvalue weighted by atomic mass is 16.5. The van der Waals surface area contributed by atoms with Crippen LogP contribution in [0.15, 0.2) is 18.2 Å². The smallest absolute Gasteiger partial charge is 0.226 e. The number of amides is 2. The van der Waals surface area contributed by atoms with Crippen LogP contribution in [0, 0.1) is 5.92 Å². The topological polar surface area (TPSA) is 65.1 Å². The molecule has 1 aliphatic carbocycles. The molecule has 30 heavy (non-hydrogen) atoms. The van der Waals surface area contributed by atoms with Crippen molar-refractivity contribution in [2.45, 2.75) is 32.2 Å².